The number of halogens is 1. The molecule has 1 amide bonds. The second-order valence-corrected chi connectivity index (χ2v) is 6.70. The third-order valence-electron chi connectivity index (χ3n) is 4.24. The maximum Gasteiger partial charge on any atom is 0.253 e. The predicted octanol–water partition coefficient (Wildman–Crippen LogP) is 4.80. The number of likely N-dealkylation sites (tertiary alicyclic amines) is 1. The first-order valence-corrected chi connectivity index (χ1v) is 8.46. The highest BCUT2D eigenvalue weighted by molar-refractivity contribution is 9.10. The van der Waals surface area contributed by atoms with Crippen molar-refractivity contribution >= 4 is 21.8 Å². The molecular formula is C17H24BrNO. The number of nitrogens with zero attached hydrogens (tertiary/aromatic N) is 1. The molecule has 1 fully saturated rings. The Kier molecular flexibility index (Phi) is 5.64. The number of benzene rings is 1. The Morgan fingerprint density at radius 1 is 1.35 bits per heavy atom. The fourth-order valence-corrected chi connectivity index (χ4v) is 3.27. The Hall–Kier alpha value is -0.830. The maximum absolute atomic E-state index is 12.6. The van der Waals surface area contributed by atoms with Gasteiger partial charge in [0.15, 0.2) is 0 Å². The molecule has 1 aromatic rings. The first-order chi connectivity index (χ1) is 9.61. The molecule has 110 valence electrons. The summed E-state index contributed by atoms with van der Waals surface area (Å²) in [7, 11) is 0. The summed E-state index contributed by atoms with van der Waals surface area (Å²) in [5, 5.41) is 0. The highest BCUT2D eigenvalue weighted by Crippen LogP contribution is 2.24. The first-order valence-electron chi connectivity index (χ1n) is 7.67. The quantitative estimate of drug-likeness (QED) is 0.775. The highest BCUT2D eigenvalue weighted by Gasteiger charge is 2.21. The van der Waals surface area contributed by atoms with Crippen LogP contribution in [0.1, 0.15) is 54.9 Å². The third kappa shape index (κ3) is 3.85. The number of carbonyl (C=O) groups excluding carboxylic acids is 1. The molecule has 1 aromatic carbocycles. The van der Waals surface area contributed by atoms with E-state index >= 15 is 0 Å². The zero-order valence-corrected chi connectivity index (χ0v) is 14.1. The second kappa shape index (κ2) is 7.26. The van der Waals surface area contributed by atoms with Crippen molar-refractivity contribution in [1.82, 2.24) is 4.90 Å². The minimum absolute atomic E-state index is 0.192. The van der Waals surface area contributed by atoms with Crippen molar-refractivity contribution in [2.75, 3.05) is 13.1 Å². The van der Waals surface area contributed by atoms with Crippen molar-refractivity contribution in [3.8, 4) is 0 Å². The van der Waals surface area contributed by atoms with Crippen LogP contribution >= 0.6 is 15.9 Å². The van der Waals surface area contributed by atoms with Crippen LogP contribution in [0.2, 0.25) is 0 Å². The minimum atomic E-state index is 0.192. The molecule has 1 aliphatic heterocycles. The number of carbonyl (C=O) groups is 1. The zero-order chi connectivity index (χ0) is 14.5. The van der Waals surface area contributed by atoms with Gasteiger partial charge in [-0.2, -0.15) is 0 Å². The molecule has 0 saturated carbocycles. The van der Waals surface area contributed by atoms with Crippen molar-refractivity contribution in [1.29, 1.82) is 0 Å². The lowest BCUT2D eigenvalue weighted by molar-refractivity contribution is 0.0759. The summed E-state index contributed by atoms with van der Waals surface area (Å²) in [6.45, 7) is 6.10. The monoisotopic (exact) mass is 337 g/mol. The van der Waals surface area contributed by atoms with Crippen LogP contribution in [0.25, 0.3) is 0 Å². The SMILES string of the molecule is CCCC1CCCN(C(=O)c2ccc(Br)c(C)c2)CC1. The lowest BCUT2D eigenvalue weighted by atomic mass is 9.96. The van der Waals surface area contributed by atoms with Gasteiger partial charge in [-0.3, -0.25) is 4.79 Å². The molecule has 0 aliphatic carbocycles. The summed E-state index contributed by atoms with van der Waals surface area (Å²) in [5.74, 6) is 1.00. The van der Waals surface area contributed by atoms with Crippen LogP contribution in [0.15, 0.2) is 22.7 Å². The zero-order valence-electron chi connectivity index (χ0n) is 12.5. The van der Waals surface area contributed by atoms with Gasteiger partial charge in [-0.25, -0.2) is 0 Å². The van der Waals surface area contributed by atoms with Crippen LogP contribution < -0.4 is 0 Å². The van der Waals surface area contributed by atoms with Gasteiger partial charge < -0.3 is 4.90 Å². The molecule has 1 heterocycles. The second-order valence-electron chi connectivity index (χ2n) is 5.84. The average Bonchev–Trinajstić information content (AvgIpc) is 2.67. The largest absolute Gasteiger partial charge is 0.339 e. The molecule has 2 rings (SSSR count). The van der Waals surface area contributed by atoms with Gasteiger partial charge >= 0.3 is 0 Å². The number of hydrogen-bond donors (Lipinski definition) is 0. The Morgan fingerprint density at radius 2 is 2.15 bits per heavy atom. The molecule has 1 atom stereocenters. The van der Waals surface area contributed by atoms with Crippen LogP contribution in [-0.2, 0) is 0 Å². The van der Waals surface area contributed by atoms with E-state index in [1.807, 2.05) is 30.0 Å². The molecule has 2 nitrogen and oxygen atoms in total. The molecule has 0 bridgehead atoms. The number of hydrogen-bond acceptors (Lipinski definition) is 1. The van der Waals surface area contributed by atoms with Gasteiger partial charge in [0.2, 0.25) is 0 Å². The van der Waals surface area contributed by atoms with Crippen LogP contribution in [-0.4, -0.2) is 23.9 Å². The fraction of sp³-hybridized carbons (Fsp3) is 0.588. The van der Waals surface area contributed by atoms with Crippen molar-refractivity contribution in [3.63, 3.8) is 0 Å². The minimum Gasteiger partial charge on any atom is -0.339 e. The molecule has 20 heavy (non-hydrogen) atoms. The Labute approximate surface area is 130 Å². The predicted molar refractivity (Wildman–Crippen MR) is 87.0 cm³/mol. The number of rotatable bonds is 3. The van der Waals surface area contributed by atoms with Crippen LogP contribution in [0.4, 0.5) is 0 Å². The van der Waals surface area contributed by atoms with E-state index < -0.39 is 0 Å². The number of aryl methyl sites for hydroxylation is 1. The molecule has 1 unspecified atom stereocenters. The van der Waals surface area contributed by atoms with Gasteiger partial charge in [0.1, 0.15) is 0 Å². The summed E-state index contributed by atoms with van der Waals surface area (Å²) in [6.07, 6.45) is 6.14. The van der Waals surface area contributed by atoms with E-state index in [0.29, 0.717) is 0 Å². The van der Waals surface area contributed by atoms with Crippen molar-refractivity contribution in [2.24, 2.45) is 5.92 Å². The Balaban J connectivity index is 2.03. The van der Waals surface area contributed by atoms with Crippen molar-refractivity contribution < 1.29 is 4.79 Å². The van der Waals surface area contributed by atoms with Crippen LogP contribution in [0.3, 0.4) is 0 Å². The summed E-state index contributed by atoms with van der Waals surface area (Å²) in [4.78, 5) is 14.6. The summed E-state index contributed by atoms with van der Waals surface area (Å²) in [6, 6.07) is 5.88. The van der Waals surface area contributed by atoms with Gasteiger partial charge in [-0.1, -0.05) is 35.7 Å². The topological polar surface area (TPSA) is 20.3 Å². The smallest absolute Gasteiger partial charge is 0.253 e. The Morgan fingerprint density at radius 3 is 2.85 bits per heavy atom. The fourth-order valence-electron chi connectivity index (χ4n) is 3.03. The molecule has 3 heteroatoms. The maximum atomic E-state index is 12.6. The van der Waals surface area contributed by atoms with Gasteiger partial charge in [-0.05, 0) is 55.9 Å². The van der Waals surface area contributed by atoms with E-state index in [9.17, 15) is 4.79 Å². The van der Waals surface area contributed by atoms with E-state index in [1.165, 1.54) is 19.3 Å². The average molecular weight is 338 g/mol. The lowest BCUT2D eigenvalue weighted by Crippen LogP contribution is -2.32. The van der Waals surface area contributed by atoms with E-state index in [1.54, 1.807) is 0 Å². The molecule has 1 saturated heterocycles. The molecule has 0 radical (unpaired) electrons. The summed E-state index contributed by atoms with van der Waals surface area (Å²) >= 11 is 3.49. The van der Waals surface area contributed by atoms with Gasteiger partial charge in [0, 0.05) is 23.1 Å². The van der Waals surface area contributed by atoms with Gasteiger partial charge in [-0.15, -0.1) is 0 Å². The van der Waals surface area contributed by atoms with E-state index in [-0.39, 0.29) is 5.91 Å². The van der Waals surface area contributed by atoms with E-state index in [2.05, 4.69) is 22.9 Å². The highest BCUT2D eigenvalue weighted by atomic mass is 79.9. The van der Waals surface area contributed by atoms with Crippen LogP contribution in [0, 0.1) is 12.8 Å². The number of amides is 1. The molecule has 0 spiro atoms. The first kappa shape index (κ1) is 15.6. The molecule has 0 N–H and O–H groups in total. The van der Waals surface area contributed by atoms with Crippen molar-refractivity contribution in [2.45, 2.75) is 46.0 Å². The summed E-state index contributed by atoms with van der Waals surface area (Å²) < 4.78 is 1.06. The lowest BCUT2D eigenvalue weighted by Gasteiger charge is -2.21. The summed E-state index contributed by atoms with van der Waals surface area (Å²) in [5.41, 5.74) is 1.94. The molecule has 0 aromatic heterocycles. The molecule has 1 aliphatic rings. The standard InChI is InChI=1S/C17H24BrNO/c1-3-5-14-6-4-10-19(11-9-14)17(20)15-7-8-16(18)13(2)12-15/h7-8,12,14H,3-6,9-11H2,1-2H3. The van der Waals surface area contributed by atoms with Gasteiger partial charge in [0.25, 0.3) is 5.91 Å². The third-order valence-corrected chi connectivity index (χ3v) is 5.13. The van der Waals surface area contributed by atoms with E-state index in [0.717, 1.165) is 47.4 Å². The van der Waals surface area contributed by atoms with E-state index in [4.69, 9.17) is 0 Å². The molecular weight excluding hydrogens is 314 g/mol. The van der Waals surface area contributed by atoms with Gasteiger partial charge in [0.05, 0.1) is 0 Å². The normalized spacial score (nSPS) is 19.8. The Bertz CT molecular complexity index is 472. The van der Waals surface area contributed by atoms with Crippen molar-refractivity contribution in [3.05, 3.63) is 33.8 Å². The van der Waals surface area contributed by atoms with Crippen LogP contribution in [0.5, 0.6) is 0 Å².